The average molecular weight is 793 g/mol. The zero-order valence-electron chi connectivity index (χ0n) is 34.3. The predicted molar refractivity (Wildman–Crippen MR) is 263 cm³/mol. The fourth-order valence-corrected chi connectivity index (χ4v) is 8.38. The Labute approximate surface area is 364 Å². The number of rotatable bonds is 11. The summed E-state index contributed by atoms with van der Waals surface area (Å²) in [5.41, 5.74) is 18.0. The molecule has 0 spiro atoms. The first-order valence-corrected chi connectivity index (χ1v) is 21.2. The Morgan fingerprint density at radius 1 is 0.177 bits per heavy atom. The Kier molecular flexibility index (Phi) is 10.8. The van der Waals surface area contributed by atoms with Crippen LogP contribution in [-0.4, -0.2) is 0 Å². The van der Waals surface area contributed by atoms with E-state index in [1.807, 2.05) is 0 Å². The summed E-state index contributed by atoms with van der Waals surface area (Å²) in [5, 5.41) is 0. The highest BCUT2D eigenvalue weighted by Crippen LogP contribution is 2.50. The van der Waals surface area contributed by atoms with Gasteiger partial charge in [-0.15, -0.1) is 0 Å². The molecule has 0 aromatic heterocycles. The van der Waals surface area contributed by atoms with Crippen LogP contribution in [0.4, 0.5) is 34.1 Å². The molecule has 0 aliphatic rings. The van der Waals surface area contributed by atoms with Crippen LogP contribution in [0.3, 0.4) is 0 Å². The van der Waals surface area contributed by atoms with E-state index in [4.69, 9.17) is 0 Å². The summed E-state index contributed by atoms with van der Waals surface area (Å²) in [6.45, 7) is 0. The van der Waals surface area contributed by atoms with Gasteiger partial charge >= 0.3 is 0 Å². The van der Waals surface area contributed by atoms with Crippen LogP contribution in [0.2, 0.25) is 0 Å². The third-order valence-electron chi connectivity index (χ3n) is 11.5. The predicted octanol–water partition coefficient (Wildman–Crippen LogP) is 17.0. The van der Waals surface area contributed by atoms with Crippen LogP contribution in [0.1, 0.15) is 0 Å². The highest BCUT2D eigenvalue weighted by Gasteiger charge is 2.26. The maximum Gasteiger partial charge on any atom is 0.0709 e. The van der Waals surface area contributed by atoms with Gasteiger partial charge in [-0.2, -0.15) is 0 Å². The number of anilines is 6. The Hall–Kier alpha value is -8.20. The fraction of sp³-hybridized carbons (Fsp3) is 0. The van der Waals surface area contributed by atoms with Crippen molar-refractivity contribution in [3.05, 3.63) is 267 Å². The molecule has 62 heavy (non-hydrogen) atoms. The Bertz CT molecular complexity index is 2910. The normalized spacial score (nSPS) is 10.9. The third-order valence-corrected chi connectivity index (χ3v) is 11.5. The summed E-state index contributed by atoms with van der Waals surface area (Å²) in [6, 6.07) is 95.9. The number of nitrogens with zero attached hydrogens (tertiary/aromatic N) is 2. The summed E-state index contributed by atoms with van der Waals surface area (Å²) in [7, 11) is 0. The molecule has 0 saturated heterocycles. The zero-order valence-corrected chi connectivity index (χ0v) is 34.3. The van der Waals surface area contributed by atoms with Gasteiger partial charge in [-0.25, -0.2) is 0 Å². The van der Waals surface area contributed by atoms with Crippen molar-refractivity contribution in [2.45, 2.75) is 0 Å². The Morgan fingerprint density at radius 3 is 0.661 bits per heavy atom. The van der Waals surface area contributed by atoms with Crippen molar-refractivity contribution >= 4 is 34.1 Å². The van der Waals surface area contributed by atoms with E-state index in [-0.39, 0.29) is 0 Å². The van der Waals surface area contributed by atoms with Gasteiger partial charge in [0.15, 0.2) is 0 Å². The molecule has 0 saturated carbocycles. The average Bonchev–Trinajstić information content (AvgIpc) is 3.37. The molecule has 0 atom stereocenters. The lowest BCUT2D eigenvalue weighted by molar-refractivity contribution is 1.23. The zero-order chi connectivity index (χ0) is 41.5. The number of hydrogen-bond acceptors (Lipinski definition) is 2. The van der Waals surface area contributed by atoms with Gasteiger partial charge < -0.3 is 9.80 Å². The SMILES string of the molecule is c1ccc(-c2ccc(N(c3ccccc3)c3cc(-c4ccccc4)c(-c4ccccc4)cc3N(c3ccc(-c4ccccc4)cc3)c3ccc(-c4ccccc4)cc3)cc2)cc1. The minimum absolute atomic E-state index is 1.04. The summed E-state index contributed by atoms with van der Waals surface area (Å²) in [4.78, 5) is 4.84. The lowest BCUT2D eigenvalue weighted by Crippen LogP contribution is -2.17. The summed E-state index contributed by atoms with van der Waals surface area (Å²) < 4.78 is 0. The molecule has 0 heterocycles. The van der Waals surface area contributed by atoms with Gasteiger partial charge in [-0.3, -0.25) is 0 Å². The molecule has 0 radical (unpaired) electrons. The van der Waals surface area contributed by atoms with E-state index in [1.54, 1.807) is 0 Å². The molecule has 0 bridgehead atoms. The monoisotopic (exact) mass is 792 g/mol. The van der Waals surface area contributed by atoms with Crippen molar-refractivity contribution in [1.29, 1.82) is 0 Å². The summed E-state index contributed by atoms with van der Waals surface area (Å²) in [6.07, 6.45) is 0. The van der Waals surface area contributed by atoms with Gasteiger partial charge in [-0.1, -0.05) is 206 Å². The first-order valence-electron chi connectivity index (χ1n) is 21.2. The van der Waals surface area contributed by atoms with Crippen LogP contribution in [-0.2, 0) is 0 Å². The standard InChI is InChI=1S/C60H44N2/c1-7-19-45(20-8-1)48-31-37-54(38-32-48)61(53-29-17-6-18-30-53)59-43-57(51-25-13-4-14-26-51)58(52-27-15-5-16-28-52)44-60(59)62(55-39-33-49(34-40-55)46-21-9-2-10-22-46)56-41-35-50(36-42-56)47-23-11-3-12-24-47/h1-44H. The van der Waals surface area contributed by atoms with E-state index in [0.717, 1.165) is 56.4 Å². The molecule has 10 rings (SSSR count). The highest BCUT2D eigenvalue weighted by atomic mass is 15.2. The smallest absolute Gasteiger partial charge is 0.0709 e. The van der Waals surface area contributed by atoms with Crippen molar-refractivity contribution in [2.75, 3.05) is 9.80 Å². The van der Waals surface area contributed by atoms with Crippen LogP contribution in [0.5, 0.6) is 0 Å². The molecule has 0 fully saturated rings. The molecule has 0 N–H and O–H groups in total. The van der Waals surface area contributed by atoms with E-state index in [0.29, 0.717) is 0 Å². The Balaban J connectivity index is 1.25. The van der Waals surface area contributed by atoms with E-state index >= 15 is 0 Å². The van der Waals surface area contributed by atoms with Crippen molar-refractivity contribution in [3.63, 3.8) is 0 Å². The lowest BCUT2D eigenvalue weighted by Gasteiger charge is -2.34. The van der Waals surface area contributed by atoms with Crippen LogP contribution in [0.15, 0.2) is 267 Å². The van der Waals surface area contributed by atoms with Crippen molar-refractivity contribution < 1.29 is 0 Å². The van der Waals surface area contributed by atoms with Gasteiger partial charge in [0.05, 0.1) is 11.4 Å². The van der Waals surface area contributed by atoms with Crippen molar-refractivity contribution in [3.8, 4) is 55.6 Å². The molecule has 10 aromatic rings. The first-order chi connectivity index (χ1) is 30.8. The molecule has 0 amide bonds. The van der Waals surface area contributed by atoms with Crippen molar-refractivity contribution in [2.24, 2.45) is 0 Å². The fourth-order valence-electron chi connectivity index (χ4n) is 8.38. The maximum absolute atomic E-state index is 2.42. The number of hydrogen-bond donors (Lipinski definition) is 0. The van der Waals surface area contributed by atoms with Gasteiger partial charge in [0.1, 0.15) is 0 Å². The van der Waals surface area contributed by atoms with Crippen LogP contribution in [0, 0.1) is 0 Å². The molecule has 2 heteroatoms. The van der Waals surface area contributed by atoms with Crippen LogP contribution in [0.25, 0.3) is 55.6 Å². The topological polar surface area (TPSA) is 6.48 Å². The first kappa shape index (κ1) is 38.0. The van der Waals surface area contributed by atoms with Gasteiger partial charge in [0, 0.05) is 22.7 Å². The van der Waals surface area contributed by atoms with Gasteiger partial charge in [0.2, 0.25) is 0 Å². The Morgan fingerprint density at radius 2 is 0.387 bits per heavy atom. The van der Waals surface area contributed by atoms with E-state index in [9.17, 15) is 0 Å². The molecular formula is C60H44N2. The largest absolute Gasteiger partial charge is 0.308 e. The quantitative estimate of drug-likeness (QED) is 0.129. The number of benzene rings is 10. The second kappa shape index (κ2) is 17.6. The minimum Gasteiger partial charge on any atom is -0.308 e. The van der Waals surface area contributed by atoms with Crippen LogP contribution < -0.4 is 9.80 Å². The molecule has 2 nitrogen and oxygen atoms in total. The van der Waals surface area contributed by atoms with E-state index in [2.05, 4.69) is 277 Å². The van der Waals surface area contributed by atoms with Gasteiger partial charge in [-0.05, 0) is 116 Å². The van der Waals surface area contributed by atoms with Crippen molar-refractivity contribution in [1.82, 2.24) is 0 Å². The molecule has 294 valence electrons. The van der Waals surface area contributed by atoms with E-state index in [1.165, 1.54) is 33.4 Å². The highest BCUT2D eigenvalue weighted by molar-refractivity contribution is 5.99. The lowest BCUT2D eigenvalue weighted by atomic mass is 9.92. The van der Waals surface area contributed by atoms with Gasteiger partial charge in [0.25, 0.3) is 0 Å². The van der Waals surface area contributed by atoms with E-state index < -0.39 is 0 Å². The molecule has 10 aromatic carbocycles. The molecular weight excluding hydrogens is 749 g/mol. The summed E-state index contributed by atoms with van der Waals surface area (Å²) in [5.74, 6) is 0. The number of para-hydroxylation sites is 1. The third kappa shape index (κ3) is 7.93. The second-order valence-electron chi connectivity index (χ2n) is 15.4. The summed E-state index contributed by atoms with van der Waals surface area (Å²) >= 11 is 0. The second-order valence-corrected chi connectivity index (χ2v) is 15.4. The van der Waals surface area contributed by atoms with Crippen LogP contribution >= 0.6 is 0 Å². The minimum atomic E-state index is 1.04. The maximum atomic E-state index is 2.42. The molecule has 0 unspecified atom stereocenters. The molecule has 0 aliphatic heterocycles. The molecule has 0 aliphatic carbocycles.